The van der Waals surface area contributed by atoms with Gasteiger partial charge in [0.25, 0.3) is 0 Å². The molecular formula is C17H26N2O2. The fourth-order valence-electron chi connectivity index (χ4n) is 2.89. The van der Waals surface area contributed by atoms with Crippen LogP contribution in [0.25, 0.3) is 0 Å². The van der Waals surface area contributed by atoms with Crippen molar-refractivity contribution in [1.29, 1.82) is 0 Å². The monoisotopic (exact) mass is 290 g/mol. The Kier molecular flexibility index (Phi) is 5.76. The second-order valence-electron chi connectivity index (χ2n) is 5.52. The van der Waals surface area contributed by atoms with E-state index in [-0.39, 0.29) is 5.78 Å². The molecule has 1 saturated heterocycles. The SMILES string of the molecule is CCOc1ccc(C(C)=O)cc1CN(CC)C1CCNC1. The molecule has 1 unspecified atom stereocenters. The summed E-state index contributed by atoms with van der Waals surface area (Å²) in [5, 5.41) is 3.42. The highest BCUT2D eigenvalue weighted by atomic mass is 16.5. The first kappa shape index (κ1) is 16.0. The number of hydrogen-bond acceptors (Lipinski definition) is 4. The molecule has 1 aromatic rings. The van der Waals surface area contributed by atoms with Crippen LogP contribution >= 0.6 is 0 Å². The second kappa shape index (κ2) is 7.57. The molecule has 1 aromatic carbocycles. The highest BCUT2D eigenvalue weighted by molar-refractivity contribution is 5.94. The fraction of sp³-hybridized carbons (Fsp3) is 0.588. The van der Waals surface area contributed by atoms with Crippen molar-refractivity contribution in [3.05, 3.63) is 29.3 Å². The molecule has 0 amide bonds. The lowest BCUT2D eigenvalue weighted by atomic mass is 10.1. The van der Waals surface area contributed by atoms with Gasteiger partial charge in [0.1, 0.15) is 5.75 Å². The van der Waals surface area contributed by atoms with Crippen LogP contribution in [-0.2, 0) is 6.54 Å². The number of benzene rings is 1. The van der Waals surface area contributed by atoms with E-state index in [0.717, 1.165) is 43.1 Å². The quantitative estimate of drug-likeness (QED) is 0.783. The van der Waals surface area contributed by atoms with E-state index in [2.05, 4.69) is 17.1 Å². The van der Waals surface area contributed by atoms with E-state index in [4.69, 9.17) is 4.74 Å². The molecule has 1 fully saturated rings. The van der Waals surface area contributed by atoms with Crippen LogP contribution in [0.4, 0.5) is 0 Å². The summed E-state index contributed by atoms with van der Waals surface area (Å²) in [6, 6.07) is 6.34. The molecule has 21 heavy (non-hydrogen) atoms. The van der Waals surface area contributed by atoms with Crippen molar-refractivity contribution < 1.29 is 9.53 Å². The first-order valence-corrected chi connectivity index (χ1v) is 7.87. The van der Waals surface area contributed by atoms with E-state index in [1.165, 1.54) is 6.42 Å². The molecule has 1 N–H and O–H groups in total. The number of rotatable bonds is 7. The van der Waals surface area contributed by atoms with Gasteiger partial charge in [0.2, 0.25) is 0 Å². The number of carbonyl (C=O) groups is 1. The van der Waals surface area contributed by atoms with Gasteiger partial charge in [-0.25, -0.2) is 0 Å². The van der Waals surface area contributed by atoms with Crippen molar-refractivity contribution >= 4 is 5.78 Å². The molecule has 1 aliphatic heterocycles. The number of nitrogens with zero attached hydrogens (tertiary/aromatic N) is 1. The molecule has 4 nitrogen and oxygen atoms in total. The van der Waals surface area contributed by atoms with Crippen molar-refractivity contribution in [1.82, 2.24) is 10.2 Å². The second-order valence-corrected chi connectivity index (χ2v) is 5.52. The van der Waals surface area contributed by atoms with Crippen LogP contribution in [0, 0.1) is 0 Å². The predicted molar refractivity (Wildman–Crippen MR) is 85.0 cm³/mol. The van der Waals surface area contributed by atoms with Crippen LogP contribution in [0.3, 0.4) is 0 Å². The Hall–Kier alpha value is -1.39. The van der Waals surface area contributed by atoms with Crippen LogP contribution in [0.1, 0.15) is 43.1 Å². The molecule has 1 aliphatic rings. The highest BCUT2D eigenvalue weighted by Crippen LogP contribution is 2.24. The summed E-state index contributed by atoms with van der Waals surface area (Å²) in [7, 11) is 0. The van der Waals surface area contributed by atoms with E-state index in [1.807, 2.05) is 25.1 Å². The Balaban J connectivity index is 2.21. The lowest BCUT2D eigenvalue weighted by molar-refractivity contribution is 0.101. The third-order valence-electron chi connectivity index (χ3n) is 4.10. The molecule has 0 aromatic heterocycles. The van der Waals surface area contributed by atoms with Gasteiger partial charge in [-0.15, -0.1) is 0 Å². The van der Waals surface area contributed by atoms with Gasteiger partial charge in [-0.2, -0.15) is 0 Å². The number of hydrogen-bond donors (Lipinski definition) is 1. The highest BCUT2D eigenvalue weighted by Gasteiger charge is 2.22. The van der Waals surface area contributed by atoms with E-state index >= 15 is 0 Å². The number of carbonyl (C=O) groups excluding carboxylic acids is 1. The van der Waals surface area contributed by atoms with Gasteiger partial charge in [0.05, 0.1) is 6.61 Å². The number of ether oxygens (including phenoxy) is 1. The zero-order valence-corrected chi connectivity index (χ0v) is 13.3. The van der Waals surface area contributed by atoms with Crippen LogP contribution in [-0.4, -0.2) is 43.0 Å². The minimum Gasteiger partial charge on any atom is -0.494 e. The molecule has 0 saturated carbocycles. The Labute approximate surface area is 127 Å². The van der Waals surface area contributed by atoms with Gasteiger partial charge in [0, 0.05) is 30.3 Å². The largest absolute Gasteiger partial charge is 0.494 e. The maximum Gasteiger partial charge on any atom is 0.159 e. The van der Waals surface area contributed by atoms with E-state index in [9.17, 15) is 4.79 Å². The van der Waals surface area contributed by atoms with Gasteiger partial charge >= 0.3 is 0 Å². The number of ketones is 1. The summed E-state index contributed by atoms with van der Waals surface area (Å²) in [6.45, 7) is 10.4. The average Bonchev–Trinajstić information content (AvgIpc) is 3.00. The molecule has 1 heterocycles. The summed E-state index contributed by atoms with van der Waals surface area (Å²) >= 11 is 0. The molecule has 1 atom stereocenters. The number of nitrogens with one attached hydrogen (secondary N) is 1. The summed E-state index contributed by atoms with van der Waals surface area (Å²) in [6.07, 6.45) is 1.18. The first-order valence-electron chi connectivity index (χ1n) is 7.87. The van der Waals surface area contributed by atoms with Crippen molar-refractivity contribution in [3.63, 3.8) is 0 Å². The molecule has 116 valence electrons. The zero-order chi connectivity index (χ0) is 15.2. The van der Waals surface area contributed by atoms with Gasteiger partial charge in [-0.1, -0.05) is 6.92 Å². The molecular weight excluding hydrogens is 264 g/mol. The topological polar surface area (TPSA) is 41.6 Å². The summed E-state index contributed by atoms with van der Waals surface area (Å²) in [5.41, 5.74) is 1.87. The minimum absolute atomic E-state index is 0.102. The van der Waals surface area contributed by atoms with Crippen LogP contribution in [0.2, 0.25) is 0 Å². The van der Waals surface area contributed by atoms with Gasteiger partial charge in [0.15, 0.2) is 5.78 Å². The van der Waals surface area contributed by atoms with Gasteiger partial charge < -0.3 is 10.1 Å². The Morgan fingerprint density at radius 3 is 2.81 bits per heavy atom. The Morgan fingerprint density at radius 2 is 2.24 bits per heavy atom. The molecule has 0 radical (unpaired) electrons. The number of likely N-dealkylation sites (N-methyl/N-ethyl adjacent to an activating group) is 1. The first-order chi connectivity index (χ1) is 10.2. The maximum absolute atomic E-state index is 11.6. The predicted octanol–water partition coefficient (Wildman–Crippen LogP) is 2.47. The van der Waals surface area contributed by atoms with Crippen molar-refractivity contribution in [3.8, 4) is 5.75 Å². The van der Waals surface area contributed by atoms with E-state index < -0.39 is 0 Å². The van der Waals surface area contributed by atoms with Crippen LogP contribution in [0.15, 0.2) is 18.2 Å². The standard InChI is InChI=1S/C17H26N2O2/c1-4-19(16-8-9-18-11-16)12-15-10-14(13(3)20)6-7-17(15)21-5-2/h6-7,10,16,18H,4-5,8-9,11-12H2,1-3H3. The van der Waals surface area contributed by atoms with Crippen molar-refractivity contribution in [2.24, 2.45) is 0 Å². The van der Waals surface area contributed by atoms with Crippen LogP contribution < -0.4 is 10.1 Å². The molecule has 4 heteroatoms. The molecule has 2 rings (SSSR count). The van der Waals surface area contributed by atoms with Gasteiger partial charge in [-0.3, -0.25) is 9.69 Å². The van der Waals surface area contributed by atoms with Crippen molar-refractivity contribution in [2.75, 3.05) is 26.2 Å². The van der Waals surface area contributed by atoms with E-state index in [0.29, 0.717) is 12.6 Å². The lowest BCUT2D eigenvalue weighted by Crippen LogP contribution is -2.36. The Bertz CT molecular complexity index is 482. The fourth-order valence-corrected chi connectivity index (χ4v) is 2.89. The Morgan fingerprint density at radius 1 is 1.43 bits per heavy atom. The van der Waals surface area contributed by atoms with Crippen molar-refractivity contribution in [2.45, 2.75) is 39.8 Å². The summed E-state index contributed by atoms with van der Waals surface area (Å²) in [4.78, 5) is 14.1. The van der Waals surface area contributed by atoms with Crippen LogP contribution in [0.5, 0.6) is 5.75 Å². The summed E-state index contributed by atoms with van der Waals surface area (Å²) < 4.78 is 5.73. The summed E-state index contributed by atoms with van der Waals surface area (Å²) in [5.74, 6) is 0.997. The smallest absolute Gasteiger partial charge is 0.159 e. The third kappa shape index (κ3) is 4.05. The normalized spacial score (nSPS) is 18.2. The third-order valence-corrected chi connectivity index (χ3v) is 4.10. The minimum atomic E-state index is 0.102. The number of Topliss-reactive ketones (excluding diaryl/α,β-unsaturated/α-hetero) is 1. The van der Waals surface area contributed by atoms with E-state index in [1.54, 1.807) is 6.92 Å². The molecule has 0 spiro atoms. The lowest BCUT2D eigenvalue weighted by Gasteiger charge is -2.27. The molecule has 0 aliphatic carbocycles. The average molecular weight is 290 g/mol. The molecule has 0 bridgehead atoms. The van der Waals surface area contributed by atoms with Gasteiger partial charge in [-0.05, 0) is 51.6 Å². The maximum atomic E-state index is 11.6. The zero-order valence-electron chi connectivity index (χ0n) is 13.3.